The van der Waals surface area contributed by atoms with Gasteiger partial charge in [0.2, 0.25) is 0 Å². The molecule has 0 aromatic rings. The van der Waals surface area contributed by atoms with Crippen molar-refractivity contribution in [1.29, 1.82) is 0 Å². The summed E-state index contributed by atoms with van der Waals surface area (Å²) in [5.74, 6) is 0.586. The van der Waals surface area contributed by atoms with Crippen LogP contribution in [0.1, 0.15) is 33.1 Å². The van der Waals surface area contributed by atoms with Crippen LogP contribution in [0, 0.1) is 0 Å². The lowest BCUT2D eigenvalue weighted by molar-refractivity contribution is 0.339. The molecule has 0 saturated carbocycles. The van der Waals surface area contributed by atoms with Gasteiger partial charge in [-0.2, -0.15) is 0 Å². The first-order chi connectivity index (χ1) is 7.79. The molecule has 1 nitrogen and oxygen atoms in total. The maximum absolute atomic E-state index is 5.62. The van der Waals surface area contributed by atoms with E-state index in [1.807, 2.05) is 12.2 Å². The number of alkyl halides is 1. The van der Waals surface area contributed by atoms with Crippen LogP contribution in [0.25, 0.3) is 0 Å². The minimum atomic E-state index is 0.586. The minimum absolute atomic E-state index is 0.586. The first-order valence-electron chi connectivity index (χ1n) is 6.07. The average molecular weight is 242 g/mol. The number of nitrogens with zero attached hydrogens (tertiary/aromatic N) is 1. The second kappa shape index (κ2) is 10.8. The van der Waals surface area contributed by atoms with E-state index >= 15 is 0 Å². The Bertz CT molecular complexity index is 225. The standard InChI is InChI=1S/C14H24ClN/c1-4-9-14(10-7-8-11-15)16(12-5-2)13-6-3/h4,7-9H,1,5-6,10-13H2,2-3H3/b8-7-,14-9+. The van der Waals surface area contributed by atoms with Crippen molar-refractivity contribution < 1.29 is 0 Å². The van der Waals surface area contributed by atoms with Crippen molar-refractivity contribution in [3.05, 3.63) is 36.6 Å². The van der Waals surface area contributed by atoms with Crippen LogP contribution in [-0.2, 0) is 0 Å². The number of halogens is 1. The van der Waals surface area contributed by atoms with Crippen molar-refractivity contribution in [2.75, 3.05) is 19.0 Å². The highest BCUT2D eigenvalue weighted by molar-refractivity contribution is 6.18. The number of hydrogen-bond donors (Lipinski definition) is 0. The predicted octanol–water partition coefficient (Wildman–Crippen LogP) is 4.36. The van der Waals surface area contributed by atoms with Gasteiger partial charge in [-0.15, -0.1) is 11.6 Å². The molecule has 0 aliphatic heterocycles. The number of hydrogen-bond acceptors (Lipinski definition) is 1. The average Bonchev–Trinajstić information content (AvgIpc) is 2.28. The maximum atomic E-state index is 5.62. The van der Waals surface area contributed by atoms with Gasteiger partial charge < -0.3 is 4.90 Å². The Hall–Kier alpha value is -0.690. The van der Waals surface area contributed by atoms with E-state index in [0.717, 1.165) is 19.5 Å². The molecule has 0 aliphatic rings. The molecule has 0 aromatic carbocycles. The summed E-state index contributed by atoms with van der Waals surface area (Å²) in [6, 6.07) is 0. The Balaban J connectivity index is 4.50. The normalized spacial score (nSPS) is 12.1. The summed E-state index contributed by atoms with van der Waals surface area (Å²) in [7, 11) is 0. The summed E-state index contributed by atoms with van der Waals surface area (Å²) in [6.07, 6.45) is 11.4. The third kappa shape index (κ3) is 6.73. The predicted molar refractivity (Wildman–Crippen MR) is 74.9 cm³/mol. The van der Waals surface area contributed by atoms with Crippen LogP contribution in [0.15, 0.2) is 36.6 Å². The molecule has 0 aliphatic carbocycles. The molecule has 0 bridgehead atoms. The van der Waals surface area contributed by atoms with Gasteiger partial charge in [-0.05, 0) is 18.9 Å². The Morgan fingerprint density at radius 1 is 1.19 bits per heavy atom. The minimum Gasteiger partial charge on any atom is -0.375 e. The van der Waals surface area contributed by atoms with Crippen LogP contribution in [-0.4, -0.2) is 23.9 Å². The Morgan fingerprint density at radius 3 is 2.25 bits per heavy atom. The van der Waals surface area contributed by atoms with Gasteiger partial charge >= 0.3 is 0 Å². The van der Waals surface area contributed by atoms with Gasteiger partial charge in [-0.1, -0.05) is 38.7 Å². The van der Waals surface area contributed by atoms with E-state index in [1.165, 1.54) is 18.5 Å². The van der Waals surface area contributed by atoms with Crippen LogP contribution >= 0.6 is 11.6 Å². The molecule has 0 rings (SSSR count). The highest BCUT2D eigenvalue weighted by Crippen LogP contribution is 2.12. The molecule has 0 amide bonds. The molecule has 0 saturated heterocycles. The van der Waals surface area contributed by atoms with Gasteiger partial charge in [0, 0.05) is 31.1 Å². The highest BCUT2D eigenvalue weighted by Gasteiger charge is 2.05. The molecular formula is C14H24ClN. The van der Waals surface area contributed by atoms with E-state index in [4.69, 9.17) is 11.6 Å². The summed E-state index contributed by atoms with van der Waals surface area (Å²) >= 11 is 5.62. The molecule has 2 heteroatoms. The molecule has 0 radical (unpaired) electrons. The number of rotatable bonds is 9. The fraction of sp³-hybridized carbons (Fsp3) is 0.571. The first-order valence-corrected chi connectivity index (χ1v) is 6.61. The molecule has 92 valence electrons. The van der Waals surface area contributed by atoms with Crippen LogP contribution in [0.5, 0.6) is 0 Å². The van der Waals surface area contributed by atoms with Gasteiger partial charge in [0.25, 0.3) is 0 Å². The SMILES string of the molecule is C=C/C=C(\C/C=C\CCl)N(CCC)CCC. The second-order valence-corrected chi connectivity index (χ2v) is 4.02. The topological polar surface area (TPSA) is 3.24 Å². The van der Waals surface area contributed by atoms with Gasteiger partial charge in [-0.25, -0.2) is 0 Å². The largest absolute Gasteiger partial charge is 0.375 e. The van der Waals surface area contributed by atoms with Crippen molar-refractivity contribution in [3.63, 3.8) is 0 Å². The van der Waals surface area contributed by atoms with E-state index in [9.17, 15) is 0 Å². The van der Waals surface area contributed by atoms with Crippen LogP contribution in [0.3, 0.4) is 0 Å². The summed E-state index contributed by atoms with van der Waals surface area (Å²) in [5, 5.41) is 0. The Labute approximate surface area is 105 Å². The van der Waals surface area contributed by atoms with E-state index in [0.29, 0.717) is 5.88 Å². The van der Waals surface area contributed by atoms with Crippen molar-refractivity contribution in [3.8, 4) is 0 Å². The van der Waals surface area contributed by atoms with Gasteiger partial charge in [-0.3, -0.25) is 0 Å². The van der Waals surface area contributed by atoms with Gasteiger partial charge in [0.05, 0.1) is 0 Å². The maximum Gasteiger partial charge on any atom is 0.0404 e. The Kier molecular flexibility index (Phi) is 10.3. The van der Waals surface area contributed by atoms with E-state index in [-0.39, 0.29) is 0 Å². The summed E-state index contributed by atoms with van der Waals surface area (Å²) in [5.41, 5.74) is 1.33. The smallest absolute Gasteiger partial charge is 0.0404 e. The zero-order valence-corrected chi connectivity index (χ0v) is 11.3. The van der Waals surface area contributed by atoms with E-state index in [1.54, 1.807) is 0 Å². The first kappa shape index (κ1) is 15.3. The molecule has 0 fully saturated rings. The van der Waals surface area contributed by atoms with Crippen molar-refractivity contribution >= 4 is 11.6 Å². The zero-order chi connectivity index (χ0) is 12.2. The monoisotopic (exact) mass is 241 g/mol. The lowest BCUT2D eigenvalue weighted by Gasteiger charge is -2.26. The van der Waals surface area contributed by atoms with Crippen LogP contribution < -0.4 is 0 Å². The molecule has 0 unspecified atom stereocenters. The zero-order valence-electron chi connectivity index (χ0n) is 10.6. The van der Waals surface area contributed by atoms with Crippen molar-refractivity contribution in [2.24, 2.45) is 0 Å². The summed E-state index contributed by atoms with van der Waals surface area (Å²) in [6.45, 7) is 10.4. The fourth-order valence-electron chi connectivity index (χ4n) is 1.64. The lowest BCUT2D eigenvalue weighted by Crippen LogP contribution is -2.24. The van der Waals surface area contributed by atoms with Gasteiger partial charge in [0.1, 0.15) is 0 Å². The van der Waals surface area contributed by atoms with Crippen molar-refractivity contribution in [1.82, 2.24) is 4.90 Å². The quantitative estimate of drug-likeness (QED) is 0.329. The van der Waals surface area contributed by atoms with Crippen LogP contribution in [0.2, 0.25) is 0 Å². The third-order valence-corrected chi connectivity index (χ3v) is 2.46. The molecule has 16 heavy (non-hydrogen) atoms. The number of allylic oxidation sites excluding steroid dienone is 4. The van der Waals surface area contributed by atoms with Crippen molar-refractivity contribution in [2.45, 2.75) is 33.1 Å². The van der Waals surface area contributed by atoms with Gasteiger partial charge in [0.15, 0.2) is 0 Å². The molecule has 0 spiro atoms. The third-order valence-electron chi connectivity index (χ3n) is 2.29. The molecular weight excluding hydrogens is 218 g/mol. The highest BCUT2D eigenvalue weighted by atomic mass is 35.5. The summed E-state index contributed by atoms with van der Waals surface area (Å²) in [4.78, 5) is 2.43. The summed E-state index contributed by atoms with van der Waals surface area (Å²) < 4.78 is 0. The van der Waals surface area contributed by atoms with E-state index < -0.39 is 0 Å². The molecule has 0 N–H and O–H groups in total. The van der Waals surface area contributed by atoms with E-state index in [2.05, 4.69) is 37.5 Å². The molecule has 0 heterocycles. The molecule has 0 atom stereocenters. The Morgan fingerprint density at radius 2 is 1.81 bits per heavy atom. The lowest BCUT2D eigenvalue weighted by atomic mass is 10.2. The molecule has 0 aromatic heterocycles. The van der Waals surface area contributed by atoms with Crippen LogP contribution in [0.4, 0.5) is 0 Å². The fourth-order valence-corrected chi connectivity index (χ4v) is 1.77. The second-order valence-electron chi connectivity index (χ2n) is 3.71.